The van der Waals surface area contributed by atoms with Crippen LogP contribution in [0.5, 0.6) is 0 Å². The molecule has 0 saturated carbocycles. The molecule has 1 unspecified atom stereocenters. The van der Waals surface area contributed by atoms with Crippen molar-refractivity contribution in [2.45, 2.75) is 31.1 Å². The SMILES string of the molecule is Cc1cc(C(F)(F)F)cnc1NC(c1ccc(F)c(Cl)c1)c1nc(S(C)(=O)=O)c(C)[nH]1. The number of benzene rings is 1. The van der Waals surface area contributed by atoms with Crippen LogP contribution in [-0.2, 0) is 16.0 Å². The maximum absolute atomic E-state index is 13.7. The first kappa shape index (κ1) is 23.0. The molecule has 6 nitrogen and oxygen atoms in total. The van der Waals surface area contributed by atoms with E-state index in [4.69, 9.17) is 11.6 Å². The lowest BCUT2D eigenvalue weighted by molar-refractivity contribution is -0.137. The number of aromatic nitrogens is 3. The molecule has 0 saturated heterocycles. The minimum Gasteiger partial charge on any atom is -0.356 e. The number of anilines is 1. The van der Waals surface area contributed by atoms with E-state index < -0.39 is 33.4 Å². The van der Waals surface area contributed by atoms with Gasteiger partial charge in [-0.3, -0.25) is 0 Å². The summed E-state index contributed by atoms with van der Waals surface area (Å²) in [5.74, 6) is -0.421. The number of nitrogens with one attached hydrogen (secondary N) is 2. The molecule has 0 spiro atoms. The zero-order valence-corrected chi connectivity index (χ0v) is 18.0. The van der Waals surface area contributed by atoms with Crippen molar-refractivity contribution in [1.82, 2.24) is 15.0 Å². The number of halogens is 5. The molecule has 0 bridgehead atoms. The highest BCUT2D eigenvalue weighted by Gasteiger charge is 2.32. The Balaban J connectivity index is 2.10. The molecule has 1 aromatic carbocycles. The zero-order valence-electron chi connectivity index (χ0n) is 16.5. The van der Waals surface area contributed by atoms with Crippen LogP contribution in [0, 0.1) is 19.7 Å². The molecule has 0 aliphatic carbocycles. The standard InChI is InChI=1S/C19H17ClF4N4O2S/c1-9-6-12(19(22,23)24)8-25-16(9)27-15(11-4-5-14(21)13(20)7-11)17-26-10(2)18(28-17)31(3,29)30/h4-8,15H,1-3H3,(H,25,27)(H,26,28). The van der Waals surface area contributed by atoms with Gasteiger partial charge in [0, 0.05) is 12.5 Å². The molecular weight excluding hydrogens is 460 g/mol. The van der Waals surface area contributed by atoms with Gasteiger partial charge in [0.1, 0.15) is 23.5 Å². The largest absolute Gasteiger partial charge is 0.417 e. The van der Waals surface area contributed by atoms with Crippen molar-refractivity contribution in [2.24, 2.45) is 0 Å². The molecule has 1 atom stereocenters. The summed E-state index contributed by atoms with van der Waals surface area (Å²) in [4.78, 5) is 10.9. The van der Waals surface area contributed by atoms with Gasteiger partial charge in [0.05, 0.1) is 16.3 Å². The molecule has 3 aromatic rings. The molecule has 2 N–H and O–H groups in total. The van der Waals surface area contributed by atoms with Gasteiger partial charge >= 0.3 is 6.18 Å². The summed E-state index contributed by atoms with van der Waals surface area (Å²) in [5, 5.41) is 2.58. The Hall–Kier alpha value is -2.66. The average Bonchev–Trinajstić information content (AvgIpc) is 3.04. The third-order valence-electron chi connectivity index (χ3n) is 4.45. The van der Waals surface area contributed by atoms with Gasteiger partial charge in [-0.1, -0.05) is 17.7 Å². The van der Waals surface area contributed by atoms with Gasteiger partial charge < -0.3 is 10.3 Å². The lowest BCUT2D eigenvalue weighted by Crippen LogP contribution is -2.17. The van der Waals surface area contributed by atoms with E-state index in [1.165, 1.54) is 26.0 Å². The number of pyridine rings is 1. The molecule has 2 heterocycles. The highest BCUT2D eigenvalue weighted by atomic mass is 35.5. The van der Waals surface area contributed by atoms with Gasteiger partial charge in [0.15, 0.2) is 14.9 Å². The lowest BCUT2D eigenvalue weighted by Gasteiger charge is -2.20. The fourth-order valence-corrected chi connectivity index (χ4v) is 4.04. The van der Waals surface area contributed by atoms with Gasteiger partial charge in [0.2, 0.25) is 0 Å². The van der Waals surface area contributed by atoms with Crippen molar-refractivity contribution in [3.63, 3.8) is 0 Å². The van der Waals surface area contributed by atoms with E-state index in [9.17, 15) is 26.0 Å². The molecular formula is C19H17ClF4N4O2S. The summed E-state index contributed by atoms with van der Waals surface area (Å²) in [6, 6.07) is 3.85. The Morgan fingerprint density at radius 1 is 1.19 bits per heavy atom. The number of aromatic amines is 1. The van der Waals surface area contributed by atoms with Crippen molar-refractivity contribution in [1.29, 1.82) is 0 Å². The summed E-state index contributed by atoms with van der Waals surface area (Å²) in [6.07, 6.45) is -2.87. The topological polar surface area (TPSA) is 87.7 Å². The number of nitrogens with zero attached hydrogens (tertiary/aromatic N) is 2. The van der Waals surface area contributed by atoms with E-state index in [0.29, 0.717) is 11.8 Å². The monoisotopic (exact) mass is 476 g/mol. The quantitative estimate of drug-likeness (QED) is 0.515. The number of sulfone groups is 1. The maximum Gasteiger partial charge on any atom is 0.417 e. The number of rotatable bonds is 5. The van der Waals surface area contributed by atoms with Crippen LogP contribution < -0.4 is 5.32 Å². The normalized spacial score (nSPS) is 13.3. The van der Waals surface area contributed by atoms with E-state index in [1.54, 1.807) is 0 Å². The zero-order chi connectivity index (χ0) is 23.1. The first-order chi connectivity index (χ1) is 14.3. The van der Waals surface area contributed by atoms with Crippen molar-refractivity contribution in [3.05, 3.63) is 69.5 Å². The Morgan fingerprint density at radius 2 is 1.87 bits per heavy atom. The van der Waals surface area contributed by atoms with Gasteiger partial charge in [-0.05, 0) is 43.2 Å². The van der Waals surface area contributed by atoms with Crippen LogP contribution in [-0.4, -0.2) is 29.6 Å². The summed E-state index contributed by atoms with van der Waals surface area (Å²) in [5.41, 5.74) is -0.0549. The minimum atomic E-state index is -4.55. The second kappa shape index (κ2) is 8.12. The highest BCUT2D eigenvalue weighted by molar-refractivity contribution is 7.90. The summed E-state index contributed by atoms with van der Waals surface area (Å²) in [7, 11) is -3.64. The number of aryl methyl sites for hydroxylation is 2. The fourth-order valence-electron chi connectivity index (χ4n) is 2.98. The molecule has 31 heavy (non-hydrogen) atoms. The van der Waals surface area contributed by atoms with Crippen LogP contribution in [0.25, 0.3) is 0 Å². The summed E-state index contributed by atoms with van der Waals surface area (Å²) >= 11 is 5.89. The van der Waals surface area contributed by atoms with E-state index in [1.807, 2.05) is 0 Å². The van der Waals surface area contributed by atoms with Crippen molar-refractivity contribution in [2.75, 3.05) is 11.6 Å². The Bertz CT molecular complexity index is 1240. The Kier molecular flexibility index (Phi) is 6.03. The summed E-state index contributed by atoms with van der Waals surface area (Å²) < 4.78 is 76.5. The molecule has 0 aliphatic heterocycles. The van der Waals surface area contributed by atoms with E-state index >= 15 is 0 Å². The predicted molar refractivity (Wildman–Crippen MR) is 107 cm³/mol. The second-order valence-corrected chi connectivity index (χ2v) is 9.30. The molecule has 0 radical (unpaired) electrons. The number of hydrogen-bond acceptors (Lipinski definition) is 5. The molecule has 0 aliphatic rings. The van der Waals surface area contributed by atoms with Crippen molar-refractivity contribution in [3.8, 4) is 0 Å². The van der Waals surface area contributed by atoms with E-state index in [2.05, 4.69) is 20.3 Å². The van der Waals surface area contributed by atoms with Gasteiger partial charge in [-0.25, -0.2) is 22.8 Å². The molecule has 3 rings (SSSR count). The minimum absolute atomic E-state index is 0.105. The van der Waals surface area contributed by atoms with Gasteiger partial charge in [-0.15, -0.1) is 0 Å². The maximum atomic E-state index is 13.7. The van der Waals surface area contributed by atoms with Crippen LogP contribution >= 0.6 is 11.6 Å². The Labute approximate surface area is 180 Å². The number of alkyl halides is 3. The highest BCUT2D eigenvalue weighted by Crippen LogP contribution is 2.33. The van der Waals surface area contributed by atoms with Crippen LogP contribution in [0.4, 0.5) is 23.4 Å². The molecule has 2 aromatic heterocycles. The van der Waals surface area contributed by atoms with E-state index in [0.717, 1.165) is 18.4 Å². The smallest absolute Gasteiger partial charge is 0.356 e. The lowest BCUT2D eigenvalue weighted by atomic mass is 10.1. The summed E-state index contributed by atoms with van der Waals surface area (Å²) in [6.45, 7) is 2.96. The van der Waals surface area contributed by atoms with Crippen molar-refractivity contribution < 1.29 is 26.0 Å². The molecule has 0 amide bonds. The van der Waals surface area contributed by atoms with Crippen LogP contribution in [0.1, 0.15) is 34.3 Å². The van der Waals surface area contributed by atoms with E-state index in [-0.39, 0.29) is 32.9 Å². The predicted octanol–water partition coefficient (Wildman–Crippen LogP) is 4.84. The second-order valence-electron chi connectivity index (χ2n) is 6.96. The average molecular weight is 477 g/mol. The van der Waals surface area contributed by atoms with Crippen LogP contribution in [0.2, 0.25) is 5.02 Å². The first-order valence-electron chi connectivity index (χ1n) is 8.79. The van der Waals surface area contributed by atoms with Gasteiger partial charge in [0.25, 0.3) is 0 Å². The van der Waals surface area contributed by atoms with Crippen LogP contribution in [0.3, 0.4) is 0 Å². The Morgan fingerprint density at radius 3 is 2.39 bits per heavy atom. The third kappa shape index (κ3) is 4.99. The number of imidazole rings is 1. The molecule has 12 heteroatoms. The fraction of sp³-hybridized carbons (Fsp3) is 0.263. The van der Waals surface area contributed by atoms with Crippen LogP contribution in [0.15, 0.2) is 35.5 Å². The van der Waals surface area contributed by atoms with Gasteiger partial charge in [-0.2, -0.15) is 13.2 Å². The number of hydrogen-bond donors (Lipinski definition) is 2. The first-order valence-corrected chi connectivity index (χ1v) is 11.1. The molecule has 0 fully saturated rings. The third-order valence-corrected chi connectivity index (χ3v) is 5.84. The molecule has 166 valence electrons. The van der Waals surface area contributed by atoms with Crippen molar-refractivity contribution >= 4 is 27.3 Å². The number of H-pyrrole nitrogens is 1.